The summed E-state index contributed by atoms with van der Waals surface area (Å²) in [6, 6.07) is 0.257. The Morgan fingerprint density at radius 2 is 2.28 bits per heavy atom. The first-order valence-electron chi connectivity index (χ1n) is 5.36. The Labute approximate surface area is 110 Å². The largest absolute Gasteiger partial charge is 0.476 e. The highest BCUT2D eigenvalue weighted by molar-refractivity contribution is 7.84. The molecule has 1 saturated carbocycles. The Kier molecular flexibility index (Phi) is 4.07. The topological polar surface area (TPSA) is 96.4 Å². The van der Waals surface area contributed by atoms with E-state index in [1.165, 1.54) is 0 Å². The molecule has 6 nitrogen and oxygen atoms in total. The molecule has 1 aromatic rings. The standard InChI is InChI=1S/C10H12N2O4S2/c13-8(11-6-1-2-6)5-18(16)4-7-3-17-9(12-7)10(14)15/h3,6H,1-2,4-5H2,(H,11,13)(H,14,15). The van der Waals surface area contributed by atoms with Crippen molar-refractivity contribution in [2.75, 3.05) is 5.75 Å². The number of aromatic nitrogens is 1. The Morgan fingerprint density at radius 1 is 1.56 bits per heavy atom. The van der Waals surface area contributed by atoms with Crippen molar-refractivity contribution < 1.29 is 18.9 Å². The fourth-order valence-corrected chi connectivity index (χ4v) is 3.05. The number of carboxylic acid groups (broad SMARTS) is 1. The molecular weight excluding hydrogens is 276 g/mol. The summed E-state index contributed by atoms with van der Waals surface area (Å²) in [7, 11) is -1.35. The average molecular weight is 288 g/mol. The van der Waals surface area contributed by atoms with E-state index in [1.807, 2.05) is 0 Å². The van der Waals surface area contributed by atoms with Gasteiger partial charge in [0.25, 0.3) is 0 Å². The second-order valence-electron chi connectivity index (χ2n) is 4.02. The summed E-state index contributed by atoms with van der Waals surface area (Å²) in [4.78, 5) is 25.8. The summed E-state index contributed by atoms with van der Waals surface area (Å²) in [6.45, 7) is 0. The minimum atomic E-state index is -1.35. The number of carbonyl (C=O) groups is 2. The smallest absolute Gasteiger partial charge is 0.365 e. The van der Waals surface area contributed by atoms with E-state index in [2.05, 4.69) is 10.3 Å². The molecule has 1 aliphatic rings. The van der Waals surface area contributed by atoms with Crippen molar-refractivity contribution in [3.63, 3.8) is 0 Å². The number of aromatic carboxylic acids is 1. The zero-order valence-corrected chi connectivity index (χ0v) is 11.1. The van der Waals surface area contributed by atoms with Gasteiger partial charge in [-0.1, -0.05) is 0 Å². The van der Waals surface area contributed by atoms with Crippen molar-refractivity contribution in [2.24, 2.45) is 0 Å². The van der Waals surface area contributed by atoms with E-state index in [-0.39, 0.29) is 28.5 Å². The number of rotatable bonds is 6. The number of thiazole rings is 1. The zero-order chi connectivity index (χ0) is 13.1. The summed E-state index contributed by atoms with van der Waals surface area (Å²) in [6.07, 6.45) is 1.98. The maximum atomic E-state index is 11.7. The lowest BCUT2D eigenvalue weighted by molar-refractivity contribution is -0.118. The van der Waals surface area contributed by atoms with Gasteiger partial charge in [-0.05, 0) is 12.8 Å². The van der Waals surface area contributed by atoms with Crippen LogP contribution in [0.3, 0.4) is 0 Å². The molecule has 0 aromatic carbocycles. The molecule has 18 heavy (non-hydrogen) atoms. The first-order valence-corrected chi connectivity index (χ1v) is 7.73. The Bertz CT molecular complexity index is 496. The van der Waals surface area contributed by atoms with Crippen molar-refractivity contribution in [2.45, 2.75) is 24.6 Å². The molecule has 1 heterocycles. The molecule has 0 radical (unpaired) electrons. The SMILES string of the molecule is O=C(CS(=O)Cc1csc(C(=O)O)n1)NC1CC1. The van der Waals surface area contributed by atoms with E-state index < -0.39 is 16.8 Å². The van der Waals surface area contributed by atoms with E-state index in [0.29, 0.717) is 5.69 Å². The van der Waals surface area contributed by atoms with E-state index in [4.69, 9.17) is 5.11 Å². The second-order valence-corrected chi connectivity index (χ2v) is 6.33. The normalized spacial score (nSPS) is 16.2. The van der Waals surface area contributed by atoms with Gasteiger partial charge >= 0.3 is 5.97 Å². The molecule has 1 amide bonds. The van der Waals surface area contributed by atoms with Gasteiger partial charge < -0.3 is 10.4 Å². The van der Waals surface area contributed by atoms with E-state index in [0.717, 1.165) is 24.2 Å². The van der Waals surface area contributed by atoms with Crippen LogP contribution in [0.25, 0.3) is 0 Å². The Hall–Kier alpha value is -1.28. The molecule has 2 N–H and O–H groups in total. The van der Waals surface area contributed by atoms with Crippen LogP contribution >= 0.6 is 11.3 Å². The van der Waals surface area contributed by atoms with Crippen molar-refractivity contribution in [3.05, 3.63) is 16.1 Å². The Morgan fingerprint density at radius 3 is 2.83 bits per heavy atom. The van der Waals surface area contributed by atoms with E-state index in [1.54, 1.807) is 5.38 Å². The maximum Gasteiger partial charge on any atom is 0.365 e. The molecule has 0 aliphatic heterocycles. The molecule has 2 rings (SSSR count). The molecule has 1 atom stereocenters. The summed E-state index contributed by atoms with van der Waals surface area (Å²) in [5.41, 5.74) is 0.454. The van der Waals surface area contributed by atoms with Crippen LogP contribution in [0, 0.1) is 0 Å². The lowest BCUT2D eigenvalue weighted by atomic mass is 10.6. The minimum Gasteiger partial charge on any atom is -0.476 e. The minimum absolute atomic E-state index is 0.0237. The molecular formula is C10H12N2O4S2. The van der Waals surface area contributed by atoms with Gasteiger partial charge in [0, 0.05) is 22.2 Å². The van der Waals surface area contributed by atoms with Gasteiger partial charge in [-0.25, -0.2) is 9.78 Å². The van der Waals surface area contributed by atoms with Gasteiger partial charge in [-0.3, -0.25) is 9.00 Å². The van der Waals surface area contributed by atoms with Crippen molar-refractivity contribution in [3.8, 4) is 0 Å². The molecule has 1 fully saturated rings. The molecule has 1 aliphatic carbocycles. The van der Waals surface area contributed by atoms with Crippen LogP contribution in [0.4, 0.5) is 0 Å². The molecule has 98 valence electrons. The van der Waals surface area contributed by atoms with Crippen LogP contribution in [0.15, 0.2) is 5.38 Å². The lowest BCUT2D eigenvalue weighted by Crippen LogP contribution is -2.30. The van der Waals surface area contributed by atoms with Crippen LogP contribution < -0.4 is 5.32 Å². The number of carbonyl (C=O) groups excluding carboxylic acids is 1. The summed E-state index contributed by atoms with van der Waals surface area (Å²) in [5.74, 6) is -1.26. The van der Waals surface area contributed by atoms with Gasteiger partial charge in [0.05, 0.1) is 11.4 Å². The number of amides is 1. The fourth-order valence-electron chi connectivity index (χ4n) is 1.33. The van der Waals surface area contributed by atoms with Crippen LogP contribution in [0.2, 0.25) is 0 Å². The van der Waals surface area contributed by atoms with E-state index in [9.17, 15) is 13.8 Å². The number of hydrogen-bond donors (Lipinski definition) is 2. The lowest BCUT2D eigenvalue weighted by Gasteiger charge is -2.02. The van der Waals surface area contributed by atoms with Crippen LogP contribution in [-0.4, -0.2) is 38.0 Å². The van der Waals surface area contributed by atoms with Crippen LogP contribution in [0.5, 0.6) is 0 Å². The molecule has 0 saturated heterocycles. The third-order valence-electron chi connectivity index (χ3n) is 2.28. The number of nitrogens with one attached hydrogen (secondary N) is 1. The quantitative estimate of drug-likeness (QED) is 0.788. The van der Waals surface area contributed by atoms with Crippen LogP contribution in [0.1, 0.15) is 28.3 Å². The first kappa shape index (κ1) is 13.2. The number of nitrogens with zero attached hydrogens (tertiary/aromatic N) is 1. The van der Waals surface area contributed by atoms with Crippen molar-refractivity contribution in [1.82, 2.24) is 10.3 Å². The molecule has 0 spiro atoms. The van der Waals surface area contributed by atoms with Gasteiger partial charge in [-0.15, -0.1) is 11.3 Å². The van der Waals surface area contributed by atoms with Crippen LogP contribution in [-0.2, 0) is 21.3 Å². The highest BCUT2D eigenvalue weighted by Crippen LogP contribution is 2.18. The maximum absolute atomic E-state index is 11.7. The predicted molar refractivity (Wildman–Crippen MR) is 67.0 cm³/mol. The van der Waals surface area contributed by atoms with Gasteiger partial charge in [0.2, 0.25) is 10.9 Å². The van der Waals surface area contributed by atoms with Crippen molar-refractivity contribution in [1.29, 1.82) is 0 Å². The highest BCUT2D eigenvalue weighted by Gasteiger charge is 2.24. The molecule has 1 aromatic heterocycles. The second kappa shape index (κ2) is 5.57. The Balaban J connectivity index is 1.81. The van der Waals surface area contributed by atoms with E-state index >= 15 is 0 Å². The van der Waals surface area contributed by atoms with Gasteiger partial charge in [0.1, 0.15) is 5.75 Å². The average Bonchev–Trinajstić information content (AvgIpc) is 2.93. The summed E-state index contributed by atoms with van der Waals surface area (Å²) < 4.78 is 11.7. The van der Waals surface area contributed by atoms with Crippen molar-refractivity contribution >= 4 is 34.0 Å². The third kappa shape index (κ3) is 3.88. The first-order chi connectivity index (χ1) is 8.54. The third-order valence-corrected chi connectivity index (χ3v) is 4.36. The number of hydrogen-bond acceptors (Lipinski definition) is 5. The van der Waals surface area contributed by atoms with Gasteiger partial charge in [-0.2, -0.15) is 0 Å². The summed E-state index contributed by atoms with van der Waals surface area (Å²) in [5, 5.41) is 13.0. The molecule has 0 bridgehead atoms. The number of carboxylic acids is 1. The highest BCUT2D eigenvalue weighted by atomic mass is 32.2. The molecule has 8 heteroatoms. The monoisotopic (exact) mass is 288 g/mol. The fraction of sp³-hybridized carbons (Fsp3) is 0.500. The zero-order valence-electron chi connectivity index (χ0n) is 9.42. The molecule has 1 unspecified atom stereocenters. The summed E-state index contributed by atoms with van der Waals surface area (Å²) >= 11 is 0.994. The van der Waals surface area contributed by atoms with Gasteiger partial charge in [0.15, 0.2) is 0 Å². The predicted octanol–water partition coefficient (Wildman–Crippen LogP) is 0.369.